The molecule has 0 heterocycles. The second-order valence-electron chi connectivity index (χ2n) is 3.40. The van der Waals surface area contributed by atoms with Gasteiger partial charge in [-0.15, -0.1) is 23.5 Å². The highest BCUT2D eigenvalue weighted by molar-refractivity contribution is 7.99. The number of carboxylic acid groups (broad SMARTS) is 1. The van der Waals surface area contributed by atoms with Crippen molar-refractivity contribution >= 4 is 35.4 Å². The number of benzene rings is 1. The molecule has 0 radical (unpaired) electrons. The summed E-state index contributed by atoms with van der Waals surface area (Å²) >= 11 is 2.82. The predicted molar refractivity (Wildman–Crippen MR) is 75.5 cm³/mol. The quantitative estimate of drug-likeness (QED) is 0.592. The first-order chi connectivity index (χ1) is 8.65. The minimum absolute atomic E-state index is 0.0667. The van der Waals surface area contributed by atoms with Crippen molar-refractivity contribution in [3.05, 3.63) is 29.8 Å². The van der Waals surface area contributed by atoms with Crippen LogP contribution in [0.4, 0.5) is 0 Å². The number of carbonyl (C=O) groups excluding carboxylic acids is 1. The van der Waals surface area contributed by atoms with Gasteiger partial charge in [0.1, 0.15) is 0 Å². The number of aliphatic carboxylic acids is 1. The minimum atomic E-state index is -0.834. The average Bonchev–Trinajstić information content (AvgIpc) is 2.37. The Kier molecular flexibility index (Phi) is 6.67. The fraction of sp³-hybridized carbons (Fsp3) is 0.333. The van der Waals surface area contributed by atoms with Crippen LogP contribution in [0.1, 0.15) is 10.4 Å². The molecule has 0 aliphatic carbocycles. The van der Waals surface area contributed by atoms with Crippen molar-refractivity contribution in [3.63, 3.8) is 0 Å². The molecule has 4 nitrogen and oxygen atoms in total. The molecule has 0 atom stereocenters. The van der Waals surface area contributed by atoms with Crippen molar-refractivity contribution in [2.45, 2.75) is 4.90 Å². The lowest BCUT2D eigenvalue weighted by molar-refractivity contribution is -0.133. The summed E-state index contributed by atoms with van der Waals surface area (Å²) in [5.41, 5.74) is 0.660. The third-order valence-corrected chi connectivity index (χ3v) is 3.85. The lowest BCUT2D eigenvalue weighted by Gasteiger charge is -2.07. The van der Waals surface area contributed by atoms with E-state index in [1.165, 1.54) is 23.5 Å². The van der Waals surface area contributed by atoms with E-state index in [2.05, 4.69) is 5.32 Å². The molecule has 1 amide bonds. The van der Waals surface area contributed by atoms with E-state index in [0.717, 1.165) is 4.90 Å². The second kappa shape index (κ2) is 8.05. The molecule has 0 spiro atoms. The van der Waals surface area contributed by atoms with Crippen LogP contribution in [0.25, 0.3) is 0 Å². The predicted octanol–water partition coefficient (Wildman–Crippen LogP) is 1.96. The van der Waals surface area contributed by atoms with E-state index in [9.17, 15) is 9.59 Å². The largest absolute Gasteiger partial charge is 0.481 e. The molecule has 98 valence electrons. The van der Waals surface area contributed by atoms with Gasteiger partial charge in [0.25, 0.3) is 5.91 Å². The molecule has 0 aromatic heterocycles. The number of rotatable bonds is 7. The molecule has 1 aromatic rings. The van der Waals surface area contributed by atoms with Crippen LogP contribution in [0.15, 0.2) is 29.2 Å². The number of nitrogens with one attached hydrogen (secondary N) is 1. The summed E-state index contributed by atoms with van der Waals surface area (Å²) in [7, 11) is 0. The Morgan fingerprint density at radius 3 is 2.72 bits per heavy atom. The number of carboxylic acids is 1. The Bertz CT molecular complexity index is 424. The van der Waals surface area contributed by atoms with Crippen molar-refractivity contribution in [2.75, 3.05) is 24.3 Å². The van der Waals surface area contributed by atoms with Gasteiger partial charge in [-0.05, 0) is 18.4 Å². The summed E-state index contributed by atoms with van der Waals surface area (Å²) in [4.78, 5) is 23.1. The number of thioether (sulfide) groups is 2. The fourth-order valence-corrected chi connectivity index (χ4v) is 2.48. The number of hydrogen-bond acceptors (Lipinski definition) is 4. The molecule has 2 N–H and O–H groups in total. The van der Waals surface area contributed by atoms with Crippen molar-refractivity contribution in [1.29, 1.82) is 0 Å². The van der Waals surface area contributed by atoms with Crippen LogP contribution >= 0.6 is 23.5 Å². The Morgan fingerprint density at radius 1 is 1.33 bits per heavy atom. The topological polar surface area (TPSA) is 66.4 Å². The van der Waals surface area contributed by atoms with Crippen molar-refractivity contribution in [2.24, 2.45) is 0 Å². The van der Waals surface area contributed by atoms with E-state index in [0.29, 0.717) is 17.9 Å². The first kappa shape index (κ1) is 14.9. The Hall–Kier alpha value is -1.14. The van der Waals surface area contributed by atoms with Crippen molar-refractivity contribution < 1.29 is 14.7 Å². The molecule has 0 bridgehead atoms. The van der Waals surface area contributed by atoms with Gasteiger partial charge >= 0.3 is 5.97 Å². The number of amides is 1. The zero-order valence-corrected chi connectivity index (χ0v) is 11.6. The number of hydrogen-bond donors (Lipinski definition) is 2. The summed E-state index contributed by atoms with van der Waals surface area (Å²) in [6, 6.07) is 7.41. The number of carbonyl (C=O) groups is 2. The van der Waals surface area contributed by atoms with Gasteiger partial charge in [0.05, 0.1) is 11.3 Å². The van der Waals surface area contributed by atoms with Gasteiger partial charge in [0.2, 0.25) is 0 Å². The van der Waals surface area contributed by atoms with E-state index in [-0.39, 0.29) is 11.7 Å². The van der Waals surface area contributed by atoms with E-state index >= 15 is 0 Å². The molecule has 6 heteroatoms. The average molecular weight is 285 g/mol. The lowest BCUT2D eigenvalue weighted by Crippen LogP contribution is -2.26. The zero-order chi connectivity index (χ0) is 13.4. The molecule has 0 fully saturated rings. The van der Waals surface area contributed by atoms with Crippen LogP contribution in [0.2, 0.25) is 0 Å². The molecule has 0 unspecified atom stereocenters. The van der Waals surface area contributed by atoms with E-state index < -0.39 is 5.97 Å². The molecule has 1 aromatic carbocycles. The summed E-state index contributed by atoms with van der Waals surface area (Å²) in [5.74, 6) is -0.286. The van der Waals surface area contributed by atoms with Crippen LogP contribution in [-0.2, 0) is 4.79 Å². The summed E-state index contributed by atoms with van der Waals surface area (Å²) < 4.78 is 0. The highest BCUT2D eigenvalue weighted by Gasteiger charge is 2.09. The van der Waals surface area contributed by atoms with Crippen molar-refractivity contribution in [1.82, 2.24) is 5.32 Å². The summed E-state index contributed by atoms with van der Waals surface area (Å²) in [6.07, 6.45) is 1.93. The minimum Gasteiger partial charge on any atom is -0.481 e. The molecule has 0 aliphatic rings. The molecule has 18 heavy (non-hydrogen) atoms. The van der Waals surface area contributed by atoms with Gasteiger partial charge in [-0.25, -0.2) is 0 Å². The fourth-order valence-electron chi connectivity index (χ4n) is 1.32. The summed E-state index contributed by atoms with van der Waals surface area (Å²) in [6.45, 7) is 0.472. The van der Waals surface area contributed by atoms with Crippen LogP contribution in [0.5, 0.6) is 0 Å². The van der Waals surface area contributed by atoms with Crippen LogP contribution in [0.3, 0.4) is 0 Å². The first-order valence-corrected chi connectivity index (χ1v) is 7.74. The molecule has 0 saturated heterocycles. The maximum atomic E-state index is 11.9. The van der Waals surface area contributed by atoms with E-state index in [1.807, 2.05) is 24.5 Å². The molecule has 1 rings (SSSR count). The highest BCUT2D eigenvalue weighted by Crippen LogP contribution is 2.19. The second-order valence-corrected chi connectivity index (χ2v) is 5.36. The smallest absolute Gasteiger partial charge is 0.313 e. The van der Waals surface area contributed by atoms with Crippen molar-refractivity contribution in [3.8, 4) is 0 Å². The maximum Gasteiger partial charge on any atom is 0.313 e. The van der Waals surface area contributed by atoms with Gasteiger partial charge in [-0.1, -0.05) is 12.1 Å². The monoisotopic (exact) mass is 285 g/mol. The van der Waals surface area contributed by atoms with Gasteiger partial charge < -0.3 is 10.4 Å². The van der Waals surface area contributed by atoms with Gasteiger partial charge in [-0.3, -0.25) is 9.59 Å². The van der Waals surface area contributed by atoms with Crippen LogP contribution < -0.4 is 5.32 Å². The Balaban J connectivity index is 2.38. The summed E-state index contributed by atoms with van der Waals surface area (Å²) in [5, 5.41) is 11.2. The van der Waals surface area contributed by atoms with Gasteiger partial charge in [-0.2, -0.15) is 0 Å². The van der Waals surface area contributed by atoms with Crippen LogP contribution in [0, 0.1) is 0 Å². The highest BCUT2D eigenvalue weighted by atomic mass is 32.2. The standard InChI is InChI=1S/C12H15NO3S2/c1-17-10-5-3-2-4-9(10)12(16)13-6-7-18-8-11(14)15/h2-5H,6-8H2,1H3,(H,13,16)(H,14,15). The zero-order valence-electron chi connectivity index (χ0n) is 10.0. The maximum absolute atomic E-state index is 11.9. The van der Waals surface area contributed by atoms with Gasteiger partial charge in [0.15, 0.2) is 0 Å². The Morgan fingerprint density at radius 2 is 2.06 bits per heavy atom. The Labute approximate surface area is 115 Å². The molecule has 0 aliphatic heterocycles. The van der Waals surface area contributed by atoms with Gasteiger partial charge in [0, 0.05) is 17.2 Å². The first-order valence-electron chi connectivity index (χ1n) is 5.36. The molecular weight excluding hydrogens is 270 g/mol. The molecule has 0 saturated carbocycles. The SMILES string of the molecule is CSc1ccccc1C(=O)NCCSCC(=O)O. The lowest BCUT2D eigenvalue weighted by atomic mass is 10.2. The third kappa shape index (κ3) is 5.01. The van der Waals surface area contributed by atoms with E-state index in [4.69, 9.17) is 5.11 Å². The van der Waals surface area contributed by atoms with Crippen LogP contribution in [-0.4, -0.2) is 41.3 Å². The normalized spacial score (nSPS) is 10.1. The third-order valence-electron chi connectivity index (χ3n) is 2.11. The molecular formula is C12H15NO3S2. The van der Waals surface area contributed by atoms with E-state index in [1.54, 1.807) is 6.07 Å².